The van der Waals surface area contributed by atoms with Gasteiger partial charge in [0.15, 0.2) is 0 Å². The number of carboxylic acid groups (broad SMARTS) is 1. The van der Waals surface area contributed by atoms with Crippen molar-refractivity contribution in [1.82, 2.24) is 9.97 Å². The molecule has 0 amide bonds. The lowest BCUT2D eigenvalue weighted by Gasteiger charge is -2.05. The summed E-state index contributed by atoms with van der Waals surface area (Å²) in [5.41, 5.74) is 5.71. The summed E-state index contributed by atoms with van der Waals surface area (Å²) in [5, 5.41) is 9.13. The van der Waals surface area contributed by atoms with E-state index < -0.39 is 5.97 Å². The number of nitrogens with one attached hydrogen (secondary N) is 2. The minimum atomic E-state index is -0.904. The quantitative estimate of drug-likeness (QED) is 0.622. The molecule has 29 heavy (non-hydrogen) atoms. The van der Waals surface area contributed by atoms with E-state index >= 15 is 0 Å². The fourth-order valence-corrected chi connectivity index (χ4v) is 6.51. The highest BCUT2D eigenvalue weighted by Crippen LogP contribution is 2.64. The number of aromatic amines is 2. The van der Waals surface area contributed by atoms with Crippen LogP contribution in [0.25, 0.3) is 0 Å². The third-order valence-corrected chi connectivity index (χ3v) is 7.89. The normalized spacial score (nSPS) is 32.3. The van der Waals surface area contributed by atoms with Gasteiger partial charge >= 0.3 is 11.9 Å². The summed E-state index contributed by atoms with van der Waals surface area (Å²) in [6.07, 6.45) is 5.37. The number of hydrogen-bond donors (Lipinski definition) is 3. The van der Waals surface area contributed by atoms with E-state index in [2.05, 4.69) is 16.9 Å². The number of H-pyrrole nitrogens is 2. The van der Waals surface area contributed by atoms with Crippen LogP contribution in [0.4, 0.5) is 0 Å². The van der Waals surface area contributed by atoms with Gasteiger partial charge in [-0.25, -0.2) is 9.59 Å². The van der Waals surface area contributed by atoms with Crippen LogP contribution in [0.1, 0.15) is 81.5 Å². The first-order chi connectivity index (χ1) is 14.1. The molecule has 0 spiro atoms. The van der Waals surface area contributed by atoms with Gasteiger partial charge in [0.05, 0.1) is 6.61 Å². The Balaban J connectivity index is 1.03. The molecule has 2 fully saturated rings. The maximum absolute atomic E-state index is 12.5. The van der Waals surface area contributed by atoms with Crippen LogP contribution in [0, 0.1) is 23.7 Å². The Labute approximate surface area is 169 Å². The van der Waals surface area contributed by atoms with E-state index in [4.69, 9.17) is 9.84 Å². The Morgan fingerprint density at radius 3 is 2.21 bits per heavy atom. The molecule has 2 saturated carbocycles. The van der Waals surface area contributed by atoms with E-state index in [0.717, 1.165) is 42.4 Å². The molecule has 4 aliphatic rings. The van der Waals surface area contributed by atoms with Crippen LogP contribution in [0.15, 0.2) is 12.1 Å². The van der Waals surface area contributed by atoms with Crippen LogP contribution in [0.5, 0.6) is 0 Å². The average molecular weight is 394 g/mol. The Morgan fingerprint density at radius 2 is 1.59 bits per heavy atom. The summed E-state index contributed by atoms with van der Waals surface area (Å²) in [6.45, 7) is 2.67. The zero-order valence-corrected chi connectivity index (χ0v) is 16.5. The molecule has 2 heterocycles. The molecule has 6 heteroatoms. The summed E-state index contributed by atoms with van der Waals surface area (Å²) in [6, 6.07) is 3.81. The smallest absolute Gasteiger partial charge is 0.354 e. The second-order valence-electron chi connectivity index (χ2n) is 9.37. The van der Waals surface area contributed by atoms with Crippen molar-refractivity contribution in [1.29, 1.82) is 0 Å². The van der Waals surface area contributed by atoms with E-state index in [0.29, 0.717) is 36.0 Å². The molecule has 6 rings (SSSR count). The van der Waals surface area contributed by atoms with Crippen molar-refractivity contribution in [3.63, 3.8) is 0 Å². The van der Waals surface area contributed by atoms with Gasteiger partial charge in [0.2, 0.25) is 0 Å². The fraction of sp³-hybridized carbons (Fsp3) is 0.565. The topological polar surface area (TPSA) is 95.2 Å². The highest BCUT2D eigenvalue weighted by atomic mass is 16.5. The van der Waals surface area contributed by atoms with E-state index in [1.54, 1.807) is 6.07 Å². The van der Waals surface area contributed by atoms with Crippen LogP contribution in [0.3, 0.4) is 0 Å². The molecule has 1 unspecified atom stereocenters. The first-order valence-corrected chi connectivity index (χ1v) is 10.9. The summed E-state index contributed by atoms with van der Waals surface area (Å²) >= 11 is 0. The lowest BCUT2D eigenvalue weighted by atomic mass is 10.1. The van der Waals surface area contributed by atoms with Gasteiger partial charge in [-0.05, 0) is 84.5 Å². The number of ether oxygens (including phenoxy) is 1. The molecule has 2 aromatic heterocycles. The molecule has 0 saturated heterocycles. The number of carboxylic acids is 1. The van der Waals surface area contributed by atoms with Gasteiger partial charge in [-0.1, -0.05) is 13.3 Å². The van der Waals surface area contributed by atoms with Crippen LogP contribution in [-0.2, 0) is 17.6 Å². The van der Waals surface area contributed by atoms with Crippen molar-refractivity contribution in [3.05, 3.63) is 46.0 Å². The Bertz CT molecular complexity index is 1020. The van der Waals surface area contributed by atoms with Crippen molar-refractivity contribution >= 4 is 11.9 Å². The third kappa shape index (κ3) is 2.54. The SMILES string of the molecule is CCC[C@@H]1[C@H]2Cc3[nH]c(C(=O)OCCC4[C@H]5Cc6[nH]c(C(=O)O)cc6[C@@H]45)cc3[C@@H]12. The minimum absolute atomic E-state index is 0.245. The van der Waals surface area contributed by atoms with Crippen LogP contribution < -0.4 is 0 Å². The molecule has 4 aliphatic carbocycles. The summed E-state index contributed by atoms with van der Waals surface area (Å²) < 4.78 is 5.56. The Morgan fingerprint density at radius 1 is 1.00 bits per heavy atom. The minimum Gasteiger partial charge on any atom is -0.477 e. The van der Waals surface area contributed by atoms with Gasteiger partial charge in [0, 0.05) is 11.4 Å². The van der Waals surface area contributed by atoms with E-state index in [1.165, 1.54) is 24.1 Å². The van der Waals surface area contributed by atoms with Crippen molar-refractivity contribution in [3.8, 4) is 0 Å². The molecule has 152 valence electrons. The van der Waals surface area contributed by atoms with E-state index in [9.17, 15) is 9.59 Å². The predicted octanol–water partition coefficient (Wildman–Crippen LogP) is 3.86. The highest BCUT2D eigenvalue weighted by molar-refractivity contribution is 5.88. The summed E-state index contributed by atoms with van der Waals surface area (Å²) in [4.78, 5) is 29.9. The molecular formula is C23H26N2O4. The van der Waals surface area contributed by atoms with Crippen molar-refractivity contribution < 1.29 is 19.4 Å². The van der Waals surface area contributed by atoms with E-state index in [1.807, 2.05) is 6.07 Å². The molecule has 2 aromatic rings. The maximum Gasteiger partial charge on any atom is 0.354 e. The van der Waals surface area contributed by atoms with Gasteiger partial charge in [-0.2, -0.15) is 0 Å². The fourth-order valence-electron chi connectivity index (χ4n) is 6.51. The lowest BCUT2D eigenvalue weighted by Crippen LogP contribution is -2.08. The number of carbonyl (C=O) groups excluding carboxylic acids is 1. The number of aromatic carboxylic acids is 1. The average Bonchev–Trinajstić information content (AvgIpc) is 3.19. The van der Waals surface area contributed by atoms with Gasteiger partial charge in [0.25, 0.3) is 0 Å². The largest absolute Gasteiger partial charge is 0.477 e. The number of fused-ring (bicyclic) bond motifs is 6. The molecule has 0 aromatic carbocycles. The Kier molecular flexibility index (Phi) is 3.59. The maximum atomic E-state index is 12.5. The molecular weight excluding hydrogens is 368 g/mol. The molecule has 6 atom stereocenters. The van der Waals surface area contributed by atoms with Gasteiger partial charge in [-0.3, -0.25) is 0 Å². The number of hydrogen-bond acceptors (Lipinski definition) is 3. The Hall–Kier alpha value is -2.50. The zero-order chi connectivity index (χ0) is 19.9. The second kappa shape index (κ2) is 6.00. The second-order valence-corrected chi connectivity index (χ2v) is 9.37. The van der Waals surface area contributed by atoms with Gasteiger partial charge in [0.1, 0.15) is 11.4 Å². The van der Waals surface area contributed by atoms with Crippen molar-refractivity contribution in [2.45, 2.75) is 50.9 Å². The van der Waals surface area contributed by atoms with Gasteiger partial charge in [-0.15, -0.1) is 0 Å². The number of rotatable bonds is 7. The highest BCUT2D eigenvalue weighted by Gasteiger charge is 2.56. The monoisotopic (exact) mass is 394 g/mol. The van der Waals surface area contributed by atoms with Crippen LogP contribution in [-0.4, -0.2) is 33.6 Å². The zero-order valence-electron chi connectivity index (χ0n) is 16.5. The summed E-state index contributed by atoms with van der Waals surface area (Å²) in [7, 11) is 0. The molecule has 0 bridgehead atoms. The molecule has 0 radical (unpaired) electrons. The van der Waals surface area contributed by atoms with Crippen LogP contribution in [0.2, 0.25) is 0 Å². The third-order valence-electron chi connectivity index (χ3n) is 7.89. The lowest BCUT2D eigenvalue weighted by molar-refractivity contribution is 0.0485. The summed E-state index contributed by atoms with van der Waals surface area (Å²) in [5.74, 6) is 2.66. The molecule has 3 N–H and O–H groups in total. The number of aromatic nitrogens is 2. The molecule has 6 nitrogen and oxygen atoms in total. The number of carbonyl (C=O) groups is 2. The van der Waals surface area contributed by atoms with Crippen molar-refractivity contribution in [2.24, 2.45) is 23.7 Å². The van der Waals surface area contributed by atoms with E-state index in [-0.39, 0.29) is 11.7 Å². The van der Waals surface area contributed by atoms with Gasteiger partial charge < -0.3 is 19.8 Å². The number of esters is 1. The molecule has 0 aliphatic heterocycles. The predicted molar refractivity (Wildman–Crippen MR) is 105 cm³/mol. The first kappa shape index (κ1) is 17.4. The van der Waals surface area contributed by atoms with Crippen LogP contribution >= 0.6 is 0 Å². The van der Waals surface area contributed by atoms with Crippen molar-refractivity contribution in [2.75, 3.05) is 6.61 Å². The first-order valence-electron chi connectivity index (χ1n) is 10.9. The standard InChI is InChI=1S/C23H26N2O4/c1-2-3-10-12-6-17-15(20(10)12)9-19(25-17)23(28)29-5-4-11-13-7-16-14(21(11)13)8-18(24-16)22(26)27/h8-13,20-21,24-25H,2-7H2,1H3,(H,26,27)/t10-,11?,12-,13-,20+,21+/m1/s1.